The predicted octanol–water partition coefficient (Wildman–Crippen LogP) is 4.86. The van der Waals surface area contributed by atoms with E-state index < -0.39 is 0 Å². The lowest BCUT2D eigenvalue weighted by Crippen LogP contribution is -2.37. The fourth-order valence-electron chi connectivity index (χ4n) is 5.32. The number of rotatable bonds is 5. The zero-order valence-corrected chi connectivity index (χ0v) is 19.0. The van der Waals surface area contributed by atoms with Crippen molar-refractivity contribution in [1.29, 1.82) is 0 Å². The van der Waals surface area contributed by atoms with Gasteiger partial charge in [0.1, 0.15) is 0 Å². The van der Waals surface area contributed by atoms with E-state index in [1.165, 1.54) is 48.2 Å². The zero-order valence-electron chi connectivity index (χ0n) is 18.2. The van der Waals surface area contributed by atoms with Gasteiger partial charge in [0, 0.05) is 42.6 Å². The van der Waals surface area contributed by atoms with E-state index in [0.29, 0.717) is 6.04 Å². The van der Waals surface area contributed by atoms with Crippen molar-refractivity contribution >= 4 is 17.3 Å². The van der Waals surface area contributed by atoms with Gasteiger partial charge in [-0.05, 0) is 74.3 Å². The molecule has 1 aliphatic carbocycles. The van der Waals surface area contributed by atoms with Crippen molar-refractivity contribution in [2.75, 3.05) is 0 Å². The van der Waals surface area contributed by atoms with Crippen LogP contribution in [0.3, 0.4) is 0 Å². The first-order valence-corrected chi connectivity index (χ1v) is 11.6. The standard InChI is InChI=1S/C25H29N5S/c1-17-14-21(18(2)29(17)16-19-8-7-12-26-15-19)24-23(22-11-5-6-13-27-22)28-25(31)30(24)20-9-3-4-10-20/h5-8,11-15,20,23-24H,3-4,9-10,16H2,1-2H3,(H,28,31)/t23-,24+/m1/s1. The Balaban J connectivity index is 1.57. The number of thiocarbonyl (C=S) groups is 1. The van der Waals surface area contributed by atoms with E-state index in [1.54, 1.807) is 0 Å². The van der Waals surface area contributed by atoms with Gasteiger partial charge < -0.3 is 14.8 Å². The number of aryl methyl sites for hydroxylation is 1. The summed E-state index contributed by atoms with van der Waals surface area (Å²) in [6, 6.07) is 13.3. The van der Waals surface area contributed by atoms with Crippen molar-refractivity contribution < 1.29 is 0 Å². The second kappa shape index (κ2) is 8.42. The lowest BCUT2D eigenvalue weighted by molar-refractivity contribution is 0.245. The molecule has 5 rings (SSSR count). The van der Waals surface area contributed by atoms with Crippen LogP contribution in [-0.4, -0.2) is 30.6 Å². The highest BCUT2D eigenvalue weighted by Crippen LogP contribution is 2.44. The van der Waals surface area contributed by atoms with Crippen LogP contribution in [0.25, 0.3) is 0 Å². The molecular weight excluding hydrogens is 402 g/mol. The molecule has 1 saturated heterocycles. The van der Waals surface area contributed by atoms with Crippen LogP contribution in [0.4, 0.5) is 0 Å². The topological polar surface area (TPSA) is 46.0 Å². The van der Waals surface area contributed by atoms with Crippen molar-refractivity contribution in [3.05, 3.63) is 83.2 Å². The summed E-state index contributed by atoms with van der Waals surface area (Å²) >= 11 is 5.89. The van der Waals surface area contributed by atoms with Gasteiger partial charge in [-0.15, -0.1) is 0 Å². The van der Waals surface area contributed by atoms with Crippen LogP contribution in [0.15, 0.2) is 55.0 Å². The van der Waals surface area contributed by atoms with Gasteiger partial charge in [0.05, 0.1) is 17.8 Å². The summed E-state index contributed by atoms with van der Waals surface area (Å²) in [6.07, 6.45) is 10.6. The van der Waals surface area contributed by atoms with Gasteiger partial charge >= 0.3 is 0 Å². The van der Waals surface area contributed by atoms with Crippen LogP contribution in [0.2, 0.25) is 0 Å². The SMILES string of the molecule is Cc1cc([C@H]2[C@@H](c3ccccn3)NC(=S)N2C2CCCC2)c(C)n1Cc1cccnc1. The molecule has 0 spiro atoms. The van der Waals surface area contributed by atoms with Crippen LogP contribution in [0, 0.1) is 13.8 Å². The van der Waals surface area contributed by atoms with E-state index >= 15 is 0 Å². The van der Waals surface area contributed by atoms with Crippen LogP contribution >= 0.6 is 12.2 Å². The Hall–Kier alpha value is -2.73. The first-order chi connectivity index (χ1) is 15.1. The predicted molar refractivity (Wildman–Crippen MR) is 127 cm³/mol. The molecule has 2 atom stereocenters. The average Bonchev–Trinajstić information content (AvgIpc) is 3.50. The number of nitrogens with one attached hydrogen (secondary N) is 1. The number of hydrogen-bond acceptors (Lipinski definition) is 3. The molecule has 0 radical (unpaired) electrons. The summed E-state index contributed by atoms with van der Waals surface area (Å²) in [5.41, 5.74) is 6.16. The van der Waals surface area contributed by atoms with Crippen molar-refractivity contribution in [3.63, 3.8) is 0 Å². The van der Waals surface area contributed by atoms with E-state index in [9.17, 15) is 0 Å². The van der Waals surface area contributed by atoms with Crippen molar-refractivity contribution in [2.24, 2.45) is 0 Å². The molecule has 0 bridgehead atoms. The minimum Gasteiger partial charge on any atom is -0.352 e. The molecule has 160 valence electrons. The fraction of sp³-hybridized carbons (Fsp3) is 0.400. The average molecular weight is 432 g/mol. The molecule has 0 aromatic carbocycles. The molecule has 3 aromatic heterocycles. The largest absolute Gasteiger partial charge is 0.352 e. The molecule has 5 nitrogen and oxygen atoms in total. The molecule has 31 heavy (non-hydrogen) atoms. The summed E-state index contributed by atoms with van der Waals surface area (Å²) in [5.74, 6) is 0. The Morgan fingerprint density at radius 3 is 2.65 bits per heavy atom. The Labute approximate surface area is 189 Å². The van der Waals surface area contributed by atoms with Crippen molar-refractivity contribution in [3.8, 4) is 0 Å². The molecule has 0 unspecified atom stereocenters. The molecule has 6 heteroatoms. The van der Waals surface area contributed by atoms with E-state index in [1.807, 2.05) is 30.7 Å². The molecule has 1 saturated carbocycles. The number of pyridine rings is 2. The van der Waals surface area contributed by atoms with E-state index in [0.717, 1.165) is 17.4 Å². The minimum absolute atomic E-state index is 0.0571. The lowest BCUT2D eigenvalue weighted by atomic mass is 9.95. The fourth-order valence-corrected chi connectivity index (χ4v) is 5.71. The van der Waals surface area contributed by atoms with E-state index in [4.69, 9.17) is 17.2 Å². The van der Waals surface area contributed by atoms with Crippen molar-refractivity contribution in [1.82, 2.24) is 24.8 Å². The molecule has 2 fully saturated rings. The zero-order chi connectivity index (χ0) is 21.4. The van der Waals surface area contributed by atoms with Gasteiger partial charge in [-0.3, -0.25) is 9.97 Å². The van der Waals surface area contributed by atoms with Crippen LogP contribution in [0.1, 0.15) is 66.0 Å². The van der Waals surface area contributed by atoms with Gasteiger partial charge in [-0.1, -0.05) is 25.0 Å². The third-order valence-corrected chi connectivity index (χ3v) is 7.18. The minimum atomic E-state index is 0.0571. The first kappa shape index (κ1) is 20.2. The highest BCUT2D eigenvalue weighted by atomic mass is 32.1. The lowest BCUT2D eigenvalue weighted by Gasteiger charge is -2.33. The number of aromatic nitrogens is 3. The summed E-state index contributed by atoms with van der Waals surface area (Å²) < 4.78 is 2.40. The maximum atomic E-state index is 5.89. The van der Waals surface area contributed by atoms with Crippen LogP contribution in [0.5, 0.6) is 0 Å². The molecular formula is C25H29N5S. The molecule has 2 aliphatic rings. The highest BCUT2D eigenvalue weighted by Gasteiger charge is 2.44. The van der Waals surface area contributed by atoms with Crippen LogP contribution < -0.4 is 5.32 Å². The molecule has 3 aromatic rings. The first-order valence-electron chi connectivity index (χ1n) is 11.2. The second-order valence-electron chi connectivity index (χ2n) is 8.75. The monoisotopic (exact) mass is 431 g/mol. The highest BCUT2D eigenvalue weighted by molar-refractivity contribution is 7.80. The molecule has 1 N–H and O–H groups in total. The third kappa shape index (κ3) is 3.74. The number of hydrogen-bond donors (Lipinski definition) is 1. The van der Waals surface area contributed by atoms with E-state index in [2.05, 4.69) is 57.9 Å². The Morgan fingerprint density at radius 2 is 1.94 bits per heavy atom. The number of nitrogens with zero attached hydrogens (tertiary/aromatic N) is 4. The molecule has 0 amide bonds. The Bertz CT molecular complexity index is 1060. The summed E-state index contributed by atoms with van der Waals surface area (Å²) in [7, 11) is 0. The third-order valence-electron chi connectivity index (χ3n) is 6.85. The quantitative estimate of drug-likeness (QED) is 0.585. The maximum absolute atomic E-state index is 5.89. The maximum Gasteiger partial charge on any atom is 0.170 e. The second-order valence-corrected chi connectivity index (χ2v) is 9.13. The van der Waals surface area contributed by atoms with Gasteiger partial charge in [0.15, 0.2) is 5.11 Å². The van der Waals surface area contributed by atoms with Gasteiger partial charge in [-0.2, -0.15) is 0 Å². The summed E-state index contributed by atoms with van der Waals surface area (Å²) in [6.45, 7) is 5.26. The van der Waals surface area contributed by atoms with E-state index in [-0.39, 0.29) is 12.1 Å². The van der Waals surface area contributed by atoms with Gasteiger partial charge in [0.2, 0.25) is 0 Å². The summed E-state index contributed by atoms with van der Waals surface area (Å²) in [4.78, 5) is 11.5. The molecule has 4 heterocycles. The van der Waals surface area contributed by atoms with Gasteiger partial charge in [-0.25, -0.2) is 0 Å². The van der Waals surface area contributed by atoms with Gasteiger partial charge in [0.25, 0.3) is 0 Å². The normalized spacial score (nSPS) is 21.6. The van der Waals surface area contributed by atoms with Crippen LogP contribution in [-0.2, 0) is 6.54 Å². The van der Waals surface area contributed by atoms with Crippen molar-refractivity contribution in [2.45, 2.75) is 64.2 Å². The Kier molecular flexibility index (Phi) is 5.48. The summed E-state index contributed by atoms with van der Waals surface area (Å²) in [5, 5.41) is 4.49. The molecule has 1 aliphatic heterocycles. The smallest absolute Gasteiger partial charge is 0.170 e. The Morgan fingerprint density at radius 1 is 1.10 bits per heavy atom.